The molecule has 1 saturated heterocycles. The molecule has 0 aromatic heterocycles. The lowest BCUT2D eigenvalue weighted by atomic mass is 9.76. The number of Topliss-reactive ketones (excluding diaryl/α,β-unsaturated/α-hetero) is 1. The van der Waals surface area contributed by atoms with Crippen molar-refractivity contribution in [1.29, 1.82) is 0 Å². The van der Waals surface area contributed by atoms with Gasteiger partial charge in [0.25, 0.3) is 0 Å². The second-order valence-electron chi connectivity index (χ2n) is 11.7. The predicted octanol–water partition coefficient (Wildman–Crippen LogP) is -4.83. The van der Waals surface area contributed by atoms with Crippen LogP contribution >= 0.6 is 0 Å². The van der Waals surface area contributed by atoms with Crippen LogP contribution in [-0.2, 0) is 23.7 Å². The number of nitrogens with zero attached hydrogens (tertiary/aromatic N) is 1. The molecule has 234 valence electrons. The third-order valence-electron chi connectivity index (χ3n) is 8.46. The fourth-order valence-corrected chi connectivity index (χ4v) is 5.99. The van der Waals surface area contributed by atoms with E-state index in [4.69, 9.17) is 47.6 Å². The van der Waals surface area contributed by atoms with Crippen LogP contribution in [0.1, 0.15) is 32.6 Å². The summed E-state index contributed by atoms with van der Waals surface area (Å²) in [5.41, 5.74) is 26.1. The molecule has 13 atom stereocenters. The highest BCUT2D eigenvalue weighted by Crippen LogP contribution is 2.41. The zero-order chi connectivity index (χ0) is 30.3. The van der Waals surface area contributed by atoms with Gasteiger partial charge in [-0.25, -0.2) is 4.99 Å². The van der Waals surface area contributed by atoms with Crippen LogP contribution in [0.15, 0.2) is 16.8 Å². The summed E-state index contributed by atoms with van der Waals surface area (Å²) in [5, 5.41) is 46.6. The lowest BCUT2D eigenvalue weighted by Crippen LogP contribution is -2.67. The smallest absolute Gasteiger partial charge is 0.222 e. The van der Waals surface area contributed by atoms with Gasteiger partial charge in [-0.2, -0.15) is 0 Å². The largest absolute Gasteiger partial charge is 0.466 e. The van der Waals surface area contributed by atoms with Gasteiger partial charge in [0.15, 0.2) is 18.0 Å². The molecule has 4 rings (SSSR count). The summed E-state index contributed by atoms with van der Waals surface area (Å²) >= 11 is 0. The number of aliphatic hydroxyl groups is 4. The van der Waals surface area contributed by atoms with Gasteiger partial charge in [0.05, 0.1) is 25.3 Å². The first-order chi connectivity index (χ1) is 19.2. The van der Waals surface area contributed by atoms with Gasteiger partial charge in [-0.1, -0.05) is 0 Å². The highest BCUT2D eigenvalue weighted by molar-refractivity contribution is 5.91. The lowest BCUT2D eigenvalue weighted by molar-refractivity contribution is -0.308. The number of guanidine groups is 1. The molecular formula is C25H45N7O9. The molecule has 2 saturated carbocycles. The number of hydrogen-bond acceptors (Lipinski definition) is 14. The number of carbonyl (C=O) groups is 1. The van der Waals surface area contributed by atoms with Crippen molar-refractivity contribution in [2.45, 2.75) is 105 Å². The zero-order valence-corrected chi connectivity index (χ0v) is 23.3. The van der Waals surface area contributed by atoms with Gasteiger partial charge in [0, 0.05) is 24.9 Å². The average Bonchev–Trinajstić information content (AvgIpc) is 3.53. The summed E-state index contributed by atoms with van der Waals surface area (Å²) < 4.78 is 23.8. The first-order valence-electron chi connectivity index (χ1n) is 13.8. The topological polar surface area (TPSA) is 289 Å². The second-order valence-corrected chi connectivity index (χ2v) is 11.7. The Morgan fingerprint density at radius 3 is 2.41 bits per heavy atom. The fourth-order valence-electron chi connectivity index (χ4n) is 5.99. The Hall–Kier alpha value is -1.96. The number of aliphatic imine (C=N–C) groups is 1. The first-order valence-corrected chi connectivity index (χ1v) is 13.8. The Morgan fingerprint density at radius 1 is 1.17 bits per heavy atom. The van der Waals surface area contributed by atoms with Gasteiger partial charge >= 0.3 is 0 Å². The van der Waals surface area contributed by atoms with Gasteiger partial charge in [0.2, 0.25) is 6.29 Å². The van der Waals surface area contributed by atoms with E-state index in [2.05, 4.69) is 10.3 Å². The van der Waals surface area contributed by atoms with Gasteiger partial charge in [-0.05, 0) is 38.8 Å². The predicted molar refractivity (Wildman–Crippen MR) is 144 cm³/mol. The van der Waals surface area contributed by atoms with E-state index in [0.717, 1.165) is 0 Å². The van der Waals surface area contributed by atoms with Crippen LogP contribution in [0, 0.1) is 5.92 Å². The number of rotatable bonds is 10. The molecule has 0 radical (unpaired) electrons. The third kappa shape index (κ3) is 6.67. The molecule has 3 fully saturated rings. The Bertz CT molecular complexity index is 1010. The quantitative estimate of drug-likeness (QED) is 0.0847. The number of nitrogens with two attached hydrogens (primary N) is 5. The van der Waals surface area contributed by atoms with Crippen LogP contribution in [-0.4, -0.2) is 125 Å². The molecule has 0 aromatic rings. The second kappa shape index (κ2) is 12.3. The number of hydrogen-bond donors (Lipinski definition) is 10. The molecule has 41 heavy (non-hydrogen) atoms. The van der Waals surface area contributed by atoms with E-state index in [0.29, 0.717) is 12.2 Å². The molecule has 3 unspecified atom stereocenters. The summed E-state index contributed by atoms with van der Waals surface area (Å²) in [6.07, 6.45) is -5.16. The molecule has 0 spiro atoms. The molecule has 0 bridgehead atoms. The van der Waals surface area contributed by atoms with Crippen LogP contribution < -0.4 is 34.0 Å². The first kappa shape index (κ1) is 32.0. The Morgan fingerprint density at radius 2 is 1.83 bits per heavy atom. The van der Waals surface area contributed by atoms with Crippen molar-refractivity contribution in [2.75, 3.05) is 20.2 Å². The average molecular weight is 588 g/mol. The minimum atomic E-state index is -1.64. The van der Waals surface area contributed by atoms with Crippen molar-refractivity contribution in [1.82, 2.24) is 5.32 Å². The highest BCUT2D eigenvalue weighted by Gasteiger charge is 2.58. The number of carbonyl (C=O) groups excluding carboxylic acids is 1. The van der Waals surface area contributed by atoms with Crippen molar-refractivity contribution in [3.05, 3.63) is 11.8 Å². The molecule has 0 amide bonds. The molecule has 2 aliphatic carbocycles. The number of nitrogens with one attached hydrogen (secondary N) is 1. The highest BCUT2D eigenvalue weighted by atomic mass is 16.7. The van der Waals surface area contributed by atoms with Crippen molar-refractivity contribution in [3.8, 4) is 0 Å². The molecule has 16 heteroatoms. The molecule has 2 heterocycles. The van der Waals surface area contributed by atoms with Crippen molar-refractivity contribution >= 4 is 11.7 Å². The SMILES string of the molecule is CN[C@@H]1[C@@H](O)[C@@H](O[C@H]2[C@H](CC(=O)C3(O)CC3N)C[C@H](N)C(O[C@H]3OC(CN)=CC[C@H]3N=C(N)N)[C@@H]2O)OC[C@]1(C)O. The molecule has 2 aliphatic heterocycles. The van der Waals surface area contributed by atoms with E-state index >= 15 is 0 Å². The maximum atomic E-state index is 13.0. The van der Waals surface area contributed by atoms with Crippen molar-refractivity contribution < 1.29 is 44.2 Å². The summed E-state index contributed by atoms with van der Waals surface area (Å²) in [7, 11) is 1.57. The van der Waals surface area contributed by atoms with Gasteiger partial charge in [-0.15, -0.1) is 0 Å². The van der Waals surface area contributed by atoms with E-state index in [-0.39, 0.29) is 38.4 Å². The van der Waals surface area contributed by atoms with Crippen LogP contribution in [0.25, 0.3) is 0 Å². The van der Waals surface area contributed by atoms with Crippen molar-refractivity contribution in [2.24, 2.45) is 39.6 Å². The Balaban J connectivity index is 1.58. The van der Waals surface area contributed by atoms with Gasteiger partial charge in [-0.3, -0.25) is 4.79 Å². The fraction of sp³-hybridized carbons (Fsp3) is 0.840. The Labute approximate surface area is 238 Å². The van der Waals surface area contributed by atoms with E-state index in [1.807, 2.05) is 0 Å². The monoisotopic (exact) mass is 587 g/mol. The van der Waals surface area contributed by atoms with Crippen LogP contribution in [0.4, 0.5) is 0 Å². The minimum Gasteiger partial charge on any atom is -0.466 e. The number of aliphatic hydroxyl groups excluding tert-OH is 2. The number of ketones is 1. The maximum Gasteiger partial charge on any atom is 0.222 e. The number of ether oxygens (including phenoxy) is 4. The van der Waals surface area contributed by atoms with E-state index in [9.17, 15) is 25.2 Å². The van der Waals surface area contributed by atoms with Crippen LogP contribution in [0.3, 0.4) is 0 Å². The van der Waals surface area contributed by atoms with Crippen LogP contribution in [0.2, 0.25) is 0 Å². The molecule has 0 aromatic carbocycles. The number of likely N-dealkylation sites (N-methyl/N-ethyl adjacent to an activating group) is 1. The normalized spacial score (nSPS) is 46.3. The molecule has 16 nitrogen and oxygen atoms in total. The van der Waals surface area contributed by atoms with E-state index in [1.54, 1.807) is 13.1 Å². The van der Waals surface area contributed by atoms with Crippen LogP contribution in [0.5, 0.6) is 0 Å². The third-order valence-corrected chi connectivity index (χ3v) is 8.46. The van der Waals surface area contributed by atoms with E-state index < -0.39 is 84.1 Å². The zero-order valence-electron chi connectivity index (χ0n) is 23.3. The van der Waals surface area contributed by atoms with E-state index in [1.165, 1.54) is 6.92 Å². The standard InChI is InChI=1S/C25H45N7O9/c1-24(36)9-38-22(17(35)20(24)31-2)40-18-10(6-15(33)25(37)7-14(25)28)5-12(27)19(16(18)34)41-21-13(32-23(29)30)4-3-11(8-26)39-21/h3,10,12-14,16-22,31,34-37H,4-9,26-28H2,1-2H3,(H4,29,30,32)/t10-,12-,13+,14?,16+,17+,18-,19?,20+,21+,22+,24-,25?/m0/s1. The summed E-state index contributed by atoms with van der Waals surface area (Å²) in [4.78, 5) is 17.1. The van der Waals surface area contributed by atoms with Gasteiger partial charge < -0.3 is 73.4 Å². The maximum absolute atomic E-state index is 13.0. The van der Waals surface area contributed by atoms with Crippen molar-refractivity contribution in [3.63, 3.8) is 0 Å². The summed E-state index contributed by atoms with van der Waals surface area (Å²) in [5.74, 6) is -0.926. The molecular weight excluding hydrogens is 542 g/mol. The summed E-state index contributed by atoms with van der Waals surface area (Å²) in [6, 6.07) is -2.95. The summed E-state index contributed by atoms with van der Waals surface area (Å²) in [6.45, 7) is 1.43. The Kier molecular flexibility index (Phi) is 9.62. The van der Waals surface area contributed by atoms with Gasteiger partial charge in [0.1, 0.15) is 41.3 Å². The molecule has 15 N–H and O–H groups in total. The minimum absolute atomic E-state index is 0.0992. The molecule has 4 aliphatic rings. The lowest BCUT2D eigenvalue weighted by Gasteiger charge is -2.48.